The minimum absolute atomic E-state index is 0.0415. The van der Waals surface area contributed by atoms with Gasteiger partial charge in [0, 0.05) is 11.1 Å². The Labute approximate surface area is 168 Å². The number of hydrogen-bond acceptors (Lipinski definition) is 6. The van der Waals surface area contributed by atoms with E-state index in [0.717, 1.165) is 36.0 Å². The summed E-state index contributed by atoms with van der Waals surface area (Å²) in [5, 5.41) is 3.19. The van der Waals surface area contributed by atoms with Crippen LogP contribution in [0.25, 0.3) is 0 Å². The number of esters is 1. The fourth-order valence-electron chi connectivity index (χ4n) is 3.41. The lowest BCUT2D eigenvalue weighted by Crippen LogP contribution is -2.18. The van der Waals surface area contributed by atoms with E-state index in [0.29, 0.717) is 16.5 Å². The lowest BCUT2D eigenvalue weighted by molar-refractivity contribution is 0.0526. The first kappa shape index (κ1) is 20.5. The van der Waals surface area contributed by atoms with E-state index >= 15 is 0 Å². The van der Waals surface area contributed by atoms with E-state index in [-0.39, 0.29) is 17.1 Å². The lowest BCUT2D eigenvalue weighted by Gasteiger charge is -2.18. The molecule has 1 aliphatic rings. The highest BCUT2D eigenvalue weighted by molar-refractivity contribution is 7.90. The molecule has 1 aromatic heterocycles. The number of anilines is 1. The highest BCUT2D eigenvalue weighted by Crippen LogP contribution is 2.40. The first-order chi connectivity index (χ1) is 13.2. The van der Waals surface area contributed by atoms with Crippen molar-refractivity contribution in [2.45, 2.75) is 38.0 Å². The summed E-state index contributed by atoms with van der Waals surface area (Å²) in [5.74, 6) is -0.504. The van der Waals surface area contributed by atoms with E-state index in [1.165, 1.54) is 23.5 Å². The summed E-state index contributed by atoms with van der Waals surface area (Å²) in [6.07, 6.45) is 3.65. The zero-order valence-electron chi connectivity index (χ0n) is 16.1. The molecule has 0 fully saturated rings. The second kappa shape index (κ2) is 8.05. The highest BCUT2D eigenvalue weighted by atomic mass is 32.2. The molecule has 1 atom stereocenters. The first-order valence-electron chi connectivity index (χ1n) is 9.14. The number of amides is 1. The summed E-state index contributed by atoms with van der Waals surface area (Å²) in [7, 11) is -3.56. The second-order valence-corrected chi connectivity index (χ2v) is 10.1. The van der Waals surface area contributed by atoms with Crippen molar-refractivity contribution in [3.8, 4) is 0 Å². The highest BCUT2D eigenvalue weighted by Gasteiger charge is 2.30. The zero-order chi connectivity index (χ0) is 20.5. The van der Waals surface area contributed by atoms with Crippen molar-refractivity contribution in [3.63, 3.8) is 0 Å². The standard InChI is InChI=1S/C20H23NO5S2/c1-4-26-20(23)17-13-10-9-12(2)11-15(13)27-19(17)21-18(22)14-7-5-6-8-16(14)28(3,24)25/h5-8,12H,4,9-11H2,1-3H3,(H,21,22)/t12-/m1/s1. The maximum absolute atomic E-state index is 12.9. The molecule has 1 aromatic carbocycles. The van der Waals surface area contributed by atoms with Crippen LogP contribution in [0.4, 0.5) is 5.00 Å². The predicted octanol–water partition coefficient (Wildman–Crippen LogP) is 3.71. The van der Waals surface area contributed by atoms with Gasteiger partial charge in [0.1, 0.15) is 5.00 Å². The Morgan fingerprint density at radius 3 is 2.68 bits per heavy atom. The SMILES string of the molecule is CCOC(=O)c1c(NC(=O)c2ccccc2S(C)(=O)=O)sc2c1CC[C@@H](C)C2. The maximum Gasteiger partial charge on any atom is 0.341 e. The number of sulfone groups is 1. The lowest BCUT2D eigenvalue weighted by atomic mass is 9.88. The molecule has 1 aliphatic carbocycles. The van der Waals surface area contributed by atoms with Crippen LogP contribution in [0.3, 0.4) is 0 Å². The van der Waals surface area contributed by atoms with Gasteiger partial charge in [0.2, 0.25) is 0 Å². The topological polar surface area (TPSA) is 89.5 Å². The van der Waals surface area contributed by atoms with Gasteiger partial charge in [0.05, 0.1) is 22.6 Å². The van der Waals surface area contributed by atoms with E-state index in [2.05, 4.69) is 12.2 Å². The van der Waals surface area contributed by atoms with Crippen LogP contribution in [0.5, 0.6) is 0 Å². The summed E-state index contributed by atoms with van der Waals surface area (Å²) in [6, 6.07) is 6.04. The minimum Gasteiger partial charge on any atom is -0.462 e. The van der Waals surface area contributed by atoms with E-state index in [1.54, 1.807) is 19.1 Å². The molecule has 1 amide bonds. The number of thiophene rings is 1. The van der Waals surface area contributed by atoms with Crippen molar-refractivity contribution in [1.82, 2.24) is 0 Å². The second-order valence-electron chi connectivity index (χ2n) is 7.00. The molecular formula is C20H23NO5S2. The average molecular weight is 422 g/mol. The van der Waals surface area contributed by atoms with Crippen LogP contribution < -0.4 is 5.32 Å². The van der Waals surface area contributed by atoms with Crippen LogP contribution in [0, 0.1) is 5.92 Å². The fraction of sp³-hybridized carbons (Fsp3) is 0.400. The Bertz CT molecular complexity index is 1020. The summed E-state index contributed by atoms with van der Waals surface area (Å²) in [5.41, 5.74) is 1.40. The summed E-state index contributed by atoms with van der Waals surface area (Å²) in [4.78, 5) is 26.5. The Morgan fingerprint density at radius 2 is 2.00 bits per heavy atom. The Morgan fingerprint density at radius 1 is 1.29 bits per heavy atom. The van der Waals surface area contributed by atoms with Crippen LogP contribution in [0.1, 0.15) is 51.4 Å². The van der Waals surface area contributed by atoms with Gasteiger partial charge in [-0.1, -0.05) is 19.1 Å². The third-order valence-corrected chi connectivity index (χ3v) is 7.07. The molecule has 8 heteroatoms. The van der Waals surface area contributed by atoms with E-state index < -0.39 is 21.7 Å². The van der Waals surface area contributed by atoms with Crippen molar-refractivity contribution < 1.29 is 22.7 Å². The molecular weight excluding hydrogens is 398 g/mol. The summed E-state index contributed by atoms with van der Waals surface area (Å²) >= 11 is 1.37. The zero-order valence-corrected chi connectivity index (χ0v) is 17.7. The van der Waals surface area contributed by atoms with Gasteiger partial charge in [-0.05, 0) is 49.8 Å². The summed E-state index contributed by atoms with van der Waals surface area (Å²) in [6.45, 7) is 4.14. The Kier molecular flexibility index (Phi) is 5.90. The molecule has 0 aliphatic heterocycles. The number of rotatable bonds is 5. The number of nitrogens with one attached hydrogen (secondary N) is 1. The molecule has 1 N–H and O–H groups in total. The fourth-order valence-corrected chi connectivity index (χ4v) is 5.69. The average Bonchev–Trinajstić information content (AvgIpc) is 2.98. The van der Waals surface area contributed by atoms with Crippen molar-refractivity contribution in [2.75, 3.05) is 18.2 Å². The molecule has 6 nitrogen and oxygen atoms in total. The van der Waals surface area contributed by atoms with Crippen molar-refractivity contribution in [2.24, 2.45) is 5.92 Å². The minimum atomic E-state index is -3.56. The molecule has 0 bridgehead atoms. The molecule has 2 aromatic rings. The number of ether oxygens (including phenoxy) is 1. The molecule has 0 saturated heterocycles. The van der Waals surface area contributed by atoms with E-state index in [9.17, 15) is 18.0 Å². The van der Waals surface area contributed by atoms with Crippen LogP contribution in [0.2, 0.25) is 0 Å². The van der Waals surface area contributed by atoms with Gasteiger partial charge < -0.3 is 10.1 Å². The van der Waals surface area contributed by atoms with Crippen LogP contribution in [-0.2, 0) is 27.4 Å². The quantitative estimate of drug-likeness (QED) is 0.744. The smallest absolute Gasteiger partial charge is 0.341 e. The van der Waals surface area contributed by atoms with Crippen molar-refractivity contribution in [1.29, 1.82) is 0 Å². The molecule has 0 radical (unpaired) electrons. The molecule has 150 valence electrons. The normalized spacial score (nSPS) is 16.3. The van der Waals surface area contributed by atoms with Crippen molar-refractivity contribution >= 4 is 38.1 Å². The van der Waals surface area contributed by atoms with Gasteiger partial charge in [0.15, 0.2) is 9.84 Å². The molecule has 0 spiro atoms. The van der Waals surface area contributed by atoms with E-state index in [4.69, 9.17) is 4.74 Å². The first-order valence-corrected chi connectivity index (χ1v) is 11.8. The summed E-state index contributed by atoms with van der Waals surface area (Å²) < 4.78 is 29.2. The molecule has 1 heterocycles. The number of fused-ring (bicyclic) bond motifs is 1. The number of benzene rings is 1. The Hall–Kier alpha value is -2.19. The largest absolute Gasteiger partial charge is 0.462 e. The number of hydrogen-bond donors (Lipinski definition) is 1. The van der Waals surface area contributed by atoms with Crippen LogP contribution >= 0.6 is 11.3 Å². The molecule has 0 unspecified atom stereocenters. The third-order valence-electron chi connectivity index (χ3n) is 4.75. The predicted molar refractivity (Wildman–Crippen MR) is 109 cm³/mol. The van der Waals surface area contributed by atoms with Gasteiger partial charge >= 0.3 is 5.97 Å². The van der Waals surface area contributed by atoms with Crippen molar-refractivity contribution in [3.05, 3.63) is 45.8 Å². The van der Waals surface area contributed by atoms with Gasteiger partial charge in [-0.3, -0.25) is 4.79 Å². The number of carbonyl (C=O) groups is 2. The molecule has 3 rings (SSSR count). The Balaban J connectivity index is 2.01. The van der Waals surface area contributed by atoms with Gasteiger partial charge in [-0.2, -0.15) is 0 Å². The van der Waals surface area contributed by atoms with Gasteiger partial charge in [-0.15, -0.1) is 11.3 Å². The molecule has 28 heavy (non-hydrogen) atoms. The van der Waals surface area contributed by atoms with Gasteiger partial charge in [-0.25, -0.2) is 13.2 Å². The maximum atomic E-state index is 12.9. The third kappa shape index (κ3) is 4.12. The van der Waals surface area contributed by atoms with Gasteiger partial charge in [0.25, 0.3) is 5.91 Å². The van der Waals surface area contributed by atoms with Crippen LogP contribution in [-0.4, -0.2) is 33.2 Å². The monoisotopic (exact) mass is 421 g/mol. The number of carbonyl (C=O) groups excluding carboxylic acids is 2. The molecule has 0 saturated carbocycles. The van der Waals surface area contributed by atoms with Crippen LogP contribution in [0.15, 0.2) is 29.2 Å². The van der Waals surface area contributed by atoms with E-state index in [1.807, 2.05) is 0 Å².